The van der Waals surface area contributed by atoms with Gasteiger partial charge in [0.05, 0.1) is 17.9 Å². The molecule has 0 rings (SSSR count). The minimum absolute atomic E-state index is 0.695. The van der Waals surface area contributed by atoms with Crippen molar-refractivity contribution in [2.45, 2.75) is 13.0 Å². The lowest BCUT2D eigenvalue weighted by atomic mass is 10.5. The van der Waals surface area contributed by atoms with Gasteiger partial charge >= 0.3 is 8.60 Å². The molecule has 0 aromatic rings. The van der Waals surface area contributed by atoms with Crippen molar-refractivity contribution < 1.29 is 13.5 Å². The first kappa shape index (κ1) is 9.09. The fraction of sp³-hybridized carbons (Fsp3) is 0.667. The standard InChI is InChI=1S/C3H5ClNO3P/c1-3(2-5)7-9(6)8-4/h3,6H,1H3. The molecule has 0 aromatic carbocycles. The number of halogens is 1. The summed E-state index contributed by atoms with van der Waals surface area (Å²) in [5, 5.41) is 8.10. The Labute approximate surface area is 59.1 Å². The van der Waals surface area contributed by atoms with E-state index in [-0.39, 0.29) is 0 Å². The van der Waals surface area contributed by atoms with Gasteiger partial charge in [0.2, 0.25) is 0 Å². The predicted molar refractivity (Wildman–Crippen MR) is 32.2 cm³/mol. The lowest BCUT2D eigenvalue weighted by Crippen LogP contribution is -1.99. The van der Waals surface area contributed by atoms with E-state index in [1.807, 2.05) is 0 Å². The number of hydrogen-bond acceptors (Lipinski definition) is 4. The average molecular weight is 170 g/mol. The van der Waals surface area contributed by atoms with Crippen LogP contribution >= 0.6 is 20.5 Å². The van der Waals surface area contributed by atoms with E-state index in [0.29, 0.717) is 0 Å². The quantitative estimate of drug-likeness (QED) is 0.647. The second-order valence-electron chi connectivity index (χ2n) is 1.18. The molecule has 9 heavy (non-hydrogen) atoms. The number of nitriles is 1. The smallest absolute Gasteiger partial charge is 0.327 e. The third-order valence-corrected chi connectivity index (χ3v) is 1.46. The molecule has 0 heterocycles. The second-order valence-corrected chi connectivity index (χ2v) is 2.42. The normalized spacial score (nSPS) is 16.2. The maximum absolute atomic E-state index is 8.50. The Kier molecular flexibility index (Phi) is 4.97. The summed E-state index contributed by atoms with van der Waals surface area (Å²) in [7, 11) is -2.08. The molecule has 0 amide bonds. The monoisotopic (exact) mass is 169 g/mol. The summed E-state index contributed by atoms with van der Waals surface area (Å²) >= 11 is 4.70. The van der Waals surface area contributed by atoms with Crippen LogP contribution in [0.15, 0.2) is 0 Å². The van der Waals surface area contributed by atoms with Gasteiger partial charge in [0.15, 0.2) is 0 Å². The van der Waals surface area contributed by atoms with Gasteiger partial charge in [0, 0.05) is 0 Å². The van der Waals surface area contributed by atoms with Crippen molar-refractivity contribution in [3.8, 4) is 6.07 Å². The Morgan fingerprint density at radius 2 is 2.44 bits per heavy atom. The molecule has 0 saturated heterocycles. The van der Waals surface area contributed by atoms with Crippen molar-refractivity contribution in [2.24, 2.45) is 0 Å². The van der Waals surface area contributed by atoms with Crippen molar-refractivity contribution in [3.05, 3.63) is 0 Å². The molecule has 6 heteroatoms. The van der Waals surface area contributed by atoms with Crippen LogP contribution in [0.3, 0.4) is 0 Å². The SMILES string of the molecule is CC(C#N)OP(O)OCl. The molecule has 0 saturated carbocycles. The molecule has 2 atom stereocenters. The zero-order valence-electron chi connectivity index (χ0n) is 4.61. The van der Waals surface area contributed by atoms with Crippen LogP contribution in [0.5, 0.6) is 0 Å². The van der Waals surface area contributed by atoms with Gasteiger partial charge in [-0.2, -0.15) is 9.34 Å². The summed E-state index contributed by atoms with van der Waals surface area (Å²) in [6.07, 6.45) is -0.695. The van der Waals surface area contributed by atoms with Gasteiger partial charge < -0.3 is 4.89 Å². The minimum Gasteiger partial charge on any atom is -0.327 e. The molecule has 2 unspecified atom stereocenters. The van der Waals surface area contributed by atoms with Gasteiger partial charge in [-0.3, -0.25) is 4.52 Å². The summed E-state index contributed by atoms with van der Waals surface area (Å²) in [6, 6.07) is 1.73. The molecule has 0 aliphatic carbocycles. The summed E-state index contributed by atoms with van der Waals surface area (Å²) in [4.78, 5) is 8.50. The van der Waals surface area contributed by atoms with E-state index in [1.54, 1.807) is 6.07 Å². The van der Waals surface area contributed by atoms with E-state index in [4.69, 9.17) is 22.0 Å². The van der Waals surface area contributed by atoms with Crippen LogP contribution in [0.1, 0.15) is 6.92 Å². The van der Waals surface area contributed by atoms with Crippen LogP contribution in [-0.2, 0) is 8.60 Å². The summed E-state index contributed by atoms with van der Waals surface area (Å²) in [6.45, 7) is 1.47. The van der Waals surface area contributed by atoms with Gasteiger partial charge in [-0.15, -0.1) is 0 Å². The largest absolute Gasteiger partial charge is 0.349 e. The maximum atomic E-state index is 8.50. The van der Waals surface area contributed by atoms with Crippen LogP contribution in [0.2, 0.25) is 0 Å². The van der Waals surface area contributed by atoms with Crippen LogP contribution < -0.4 is 0 Å². The fourth-order valence-electron chi connectivity index (χ4n) is 0.175. The highest BCUT2D eigenvalue weighted by Gasteiger charge is 2.09. The molecule has 0 fully saturated rings. The molecule has 4 nitrogen and oxygen atoms in total. The van der Waals surface area contributed by atoms with Crippen LogP contribution in [0, 0.1) is 11.3 Å². The number of nitrogens with zero attached hydrogens (tertiary/aromatic N) is 1. The molecule has 0 bridgehead atoms. The van der Waals surface area contributed by atoms with E-state index in [1.165, 1.54) is 6.92 Å². The highest BCUT2D eigenvalue weighted by molar-refractivity contribution is 7.41. The zero-order chi connectivity index (χ0) is 7.28. The zero-order valence-corrected chi connectivity index (χ0v) is 6.26. The van der Waals surface area contributed by atoms with E-state index < -0.39 is 14.7 Å². The molecular weight excluding hydrogens is 164 g/mol. The van der Waals surface area contributed by atoms with Crippen molar-refractivity contribution in [2.75, 3.05) is 0 Å². The molecule has 0 aromatic heterocycles. The van der Waals surface area contributed by atoms with E-state index >= 15 is 0 Å². The lowest BCUT2D eigenvalue weighted by molar-refractivity contribution is 0.235. The predicted octanol–water partition coefficient (Wildman–Crippen LogP) is 1.30. The van der Waals surface area contributed by atoms with Crippen molar-refractivity contribution in [1.82, 2.24) is 0 Å². The van der Waals surface area contributed by atoms with Gasteiger partial charge in [-0.25, -0.2) is 0 Å². The average Bonchev–Trinajstić information content (AvgIpc) is 1.87. The van der Waals surface area contributed by atoms with Crippen LogP contribution in [0.25, 0.3) is 0 Å². The Balaban J connectivity index is 3.37. The summed E-state index contributed by atoms with van der Waals surface area (Å²) in [5.41, 5.74) is 0. The Bertz CT molecular complexity index is 116. The van der Waals surface area contributed by atoms with Gasteiger partial charge in [-0.1, -0.05) is 0 Å². The highest BCUT2D eigenvalue weighted by atomic mass is 35.5. The van der Waals surface area contributed by atoms with Crippen molar-refractivity contribution >= 4 is 20.5 Å². The first-order valence-electron chi connectivity index (χ1n) is 2.04. The number of rotatable bonds is 3. The molecule has 1 N–H and O–H groups in total. The fourth-order valence-corrected chi connectivity index (χ4v) is 0.623. The van der Waals surface area contributed by atoms with Crippen LogP contribution in [0.4, 0.5) is 0 Å². The van der Waals surface area contributed by atoms with E-state index in [9.17, 15) is 0 Å². The molecule has 0 aliphatic rings. The Morgan fingerprint density at radius 3 is 2.78 bits per heavy atom. The van der Waals surface area contributed by atoms with Gasteiger partial charge in [-0.05, 0) is 6.92 Å². The van der Waals surface area contributed by atoms with Crippen LogP contribution in [-0.4, -0.2) is 11.0 Å². The Morgan fingerprint density at radius 1 is 1.89 bits per heavy atom. The third kappa shape index (κ3) is 4.58. The third-order valence-electron chi connectivity index (χ3n) is 0.489. The molecular formula is C3H5ClNO3P. The summed E-state index contributed by atoms with van der Waals surface area (Å²) in [5.74, 6) is 0. The molecule has 0 spiro atoms. The first-order valence-corrected chi connectivity index (χ1v) is 3.48. The van der Waals surface area contributed by atoms with E-state index in [0.717, 1.165) is 0 Å². The lowest BCUT2D eigenvalue weighted by Gasteiger charge is -2.05. The van der Waals surface area contributed by atoms with E-state index in [2.05, 4.69) is 8.60 Å². The molecule has 0 radical (unpaired) electrons. The van der Waals surface area contributed by atoms with Gasteiger partial charge in [0.1, 0.15) is 6.10 Å². The molecule has 52 valence electrons. The van der Waals surface area contributed by atoms with Crippen molar-refractivity contribution in [3.63, 3.8) is 0 Å². The van der Waals surface area contributed by atoms with Crippen molar-refractivity contribution in [1.29, 1.82) is 5.26 Å². The first-order chi connectivity index (χ1) is 4.20. The summed E-state index contributed by atoms with van der Waals surface area (Å²) < 4.78 is 8.30. The molecule has 0 aliphatic heterocycles. The minimum atomic E-state index is -2.08. The topological polar surface area (TPSA) is 62.5 Å². The van der Waals surface area contributed by atoms with Gasteiger partial charge in [0.25, 0.3) is 0 Å². The number of hydrogen-bond donors (Lipinski definition) is 1. The Hall–Kier alpha value is 0.0900. The second kappa shape index (κ2) is 4.92. The maximum Gasteiger partial charge on any atom is 0.349 e. The highest BCUT2D eigenvalue weighted by Crippen LogP contribution is 2.35.